The standard InChI is InChI=1S/C4H10N3O5P/c5-4(6-1-3(8)9)7-2-13(10,11)12/h1-2H2,(H,8,9)(H3,5,6,7)(H2,10,11,12). The van der Waals surface area contributed by atoms with E-state index in [2.05, 4.69) is 5.32 Å². The first-order chi connectivity index (χ1) is 5.81. The van der Waals surface area contributed by atoms with Crippen LogP contribution in [0.25, 0.3) is 0 Å². The van der Waals surface area contributed by atoms with Crippen molar-refractivity contribution in [3.8, 4) is 0 Å². The van der Waals surface area contributed by atoms with E-state index in [1.165, 1.54) is 0 Å². The molecule has 0 atom stereocenters. The van der Waals surface area contributed by atoms with Gasteiger partial charge in [-0.25, -0.2) is 0 Å². The predicted octanol–water partition coefficient (Wildman–Crippen LogP) is -1.68. The minimum atomic E-state index is -4.21. The summed E-state index contributed by atoms with van der Waals surface area (Å²) in [6, 6.07) is 0. The van der Waals surface area contributed by atoms with Gasteiger partial charge in [0.25, 0.3) is 0 Å². The van der Waals surface area contributed by atoms with Crippen molar-refractivity contribution in [1.82, 2.24) is 10.6 Å². The molecule has 0 fully saturated rings. The van der Waals surface area contributed by atoms with Gasteiger partial charge >= 0.3 is 13.6 Å². The van der Waals surface area contributed by atoms with Crippen LogP contribution >= 0.6 is 7.60 Å². The fourth-order valence-electron chi connectivity index (χ4n) is 0.409. The normalized spacial score (nSPS) is 10.6. The number of carbonyl (C=O) groups is 1. The molecule has 0 bridgehead atoms. The lowest BCUT2D eigenvalue weighted by Gasteiger charge is -2.08. The minimum Gasteiger partial charge on any atom is -0.480 e. The molecule has 0 saturated heterocycles. The van der Waals surface area contributed by atoms with Gasteiger partial charge < -0.3 is 25.5 Å². The summed E-state index contributed by atoms with van der Waals surface area (Å²) >= 11 is 0. The van der Waals surface area contributed by atoms with Crippen molar-refractivity contribution in [3.05, 3.63) is 0 Å². The van der Waals surface area contributed by atoms with Crippen LogP contribution in [0, 0.1) is 5.41 Å². The van der Waals surface area contributed by atoms with Crippen molar-refractivity contribution in [1.29, 1.82) is 5.41 Å². The lowest BCUT2D eigenvalue weighted by Crippen LogP contribution is -2.39. The highest BCUT2D eigenvalue weighted by Crippen LogP contribution is 2.31. The van der Waals surface area contributed by atoms with Gasteiger partial charge in [-0.15, -0.1) is 0 Å². The highest BCUT2D eigenvalue weighted by atomic mass is 31.2. The second-order valence-corrected chi connectivity index (χ2v) is 3.77. The van der Waals surface area contributed by atoms with E-state index in [9.17, 15) is 9.36 Å². The topological polar surface area (TPSA) is 143 Å². The van der Waals surface area contributed by atoms with Crippen molar-refractivity contribution >= 4 is 19.5 Å². The van der Waals surface area contributed by atoms with Gasteiger partial charge in [-0.2, -0.15) is 0 Å². The molecule has 13 heavy (non-hydrogen) atoms. The Labute approximate surface area is 73.6 Å². The zero-order chi connectivity index (χ0) is 10.5. The van der Waals surface area contributed by atoms with Gasteiger partial charge in [0.2, 0.25) is 0 Å². The Morgan fingerprint density at radius 2 is 1.92 bits per heavy atom. The molecule has 0 aliphatic heterocycles. The van der Waals surface area contributed by atoms with E-state index >= 15 is 0 Å². The lowest BCUT2D eigenvalue weighted by molar-refractivity contribution is -0.135. The number of guanidine groups is 1. The summed E-state index contributed by atoms with van der Waals surface area (Å²) in [7, 11) is -4.21. The third-order valence-corrected chi connectivity index (χ3v) is 1.45. The molecule has 0 unspecified atom stereocenters. The van der Waals surface area contributed by atoms with Crippen LogP contribution in [0.1, 0.15) is 0 Å². The Morgan fingerprint density at radius 3 is 2.31 bits per heavy atom. The molecule has 0 aromatic carbocycles. The summed E-state index contributed by atoms with van der Waals surface area (Å²) in [5, 5.41) is 19.2. The smallest absolute Gasteiger partial charge is 0.344 e. The van der Waals surface area contributed by atoms with Gasteiger partial charge in [0.1, 0.15) is 12.8 Å². The van der Waals surface area contributed by atoms with Crippen LogP contribution in [0.2, 0.25) is 0 Å². The van der Waals surface area contributed by atoms with Crippen LogP contribution in [0.4, 0.5) is 0 Å². The molecule has 0 saturated carbocycles. The first-order valence-electron chi connectivity index (χ1n) is 3.14. The van der Waals surface area contributed by atoms with Crippen LogP contribution in [0.5, 0.6) is 0 Å². The van der Waals surface area contributed by atoms with Crippen molar-refractivity contribution in [2.75, 3.05) is 12.8 Å². The number of nitrogens with one attached hydrogen (secondary N) is 3. The molecule has 6 N–H and O–H groups in total. The number of carboxylic acids is 1. The lowest BCUT2D eigenvalue weighted by atomic mass is 10.6. The van der Waals surface area contributed by atoms with E-state index in [0.717, 1.165) is 0 Å². The van der Waals surface area contributed by atoms with Gasteiger partial charge in [0, 0.05) is 0 Å². The van der Waals surface area contributed by atoms with Crippen LogP contribution in [-0.4, -0.2) is 39.7 Å². The van der Waals surface area contributed by atoms with Crippen molar-refractivity contribution < 1.29 is 24.3 Å². The van der Waals surface area contributed by atoms with Crippen molar-refractivity contribution in [2.24, 2.45) is 0 Å². The van der Waals surface area contributed by atoms with Crippen LogP contribution in [0.15, 0.2) is 0 Å². The Morgan fingerprint density at radius 1 is 1.38 bits per heavy atom. The largest absolute Gasteiger partial charge is 0.480 e. The Kier molecular flexibility index (Phi) is 4.39. The summed E-state index contributed by atoms with van der Waals surface area (Å²) < 4.78 is 10.3. The van der Waals surface area contributed by atoms with Crippen LogP contribution < -0.4 is 10.6 Å². The molecule has 0 aliphatic rings. The van der Waals surface area contributed by atoms with Crippen LogP contribution in [0.3, 0.4) is 0 Å². The molecular formula is C4H10N3O5P. The third kappa shape index (κ3) is 8.80. The van der Waals surface area contributed by atoms with Crippen molar-refractivity contribution in [3.63, 3.8) is 0 Å². The highest BCUT2D eigenvalue weighted by molar-refractivity contribution is 7.51. The van der Waals surface area contributed by atoms with Crippen LogP contribution in [-0.2, 0) is 9.36 Å². The number of hydrogen-bond acceptors (Lipinski definition) is 3. The number of rotatable bonds is 4. The number of aliphatic carboxylic acids is 1. The molecule has 0 aromatic heterocycles. The second-order valence-electron chi connectivity index (χ2n) is 2.12. The molecule has 0 spiro atoms. The van der Waals surface area contributed by atoms with Gasteiger partial charge in [-0.1, -0.05) is 0 Å². The zero-order valence-electron chi connectivity index (χ0n) is 6.52. The van der Waals surface area contributed by atoms with E-state index in [-0.39, 0.29) is 0 Å². The van der Waals surface area contributed by atoms with Crippen molar-refractivity contribution in [2.45, 2.75) is 0 Å². The first-order valence-corrected chi connectivity index (χ1v) is 4.93. The molecule has 8 nitrogen and oxygen atoms in total. The fourth-order valence-corrected chi connectivity index (χ4v) is 0.773. The molecule has 0 heterocycles. The molecule has 9 heteroatoms. The average molecular weight is 211 g/mol. The highest BCUT2D eigenvalue weighted by Gasteiger charge is 2.12. The summed E-state index contributed by atoms with van der Waals surface area (Å²) in [5.41, 5.74) is 0. The summed E-state index contributed by atoms with van der Waals surface area (Å²) in [6.45, 7) is -0.479. The first kappa shape index (κ1) is 11.9. The maximum atomic E-state index is 10.3. The fraction of sp³-hybridized carbons (Fsp3) is 0.500. The van der Waals surface area contributed by atoms with Gasteiger partial charge in [0.05, 0.1) is 0 Å². The van der Waals surface area contributed by atoms with E-state index in [0.29, 0.717) is 0 Å². The number of carboxylic acid groups (broad SMARTS) is 1. The third-order valence-electron chi connectivity index (χ3n) is 0.878. The average Bonchev–Trinajstić information content (AvgIpc) is 1.95. The van der Waals surface area contributed by atoms with E-state index in [4.69, 9.17) is 20.3 Å². The van der Waals surface area contributed by atoms with E-state index < -0.39 is 32.4 Å². The van der Waals surface area contributed by atoms with E-state index in [1.807, 2.05) is 5.32 Å². The zero-order valence-corrected chi connectivity index (χ0v) is 7.41. The predicted molar refractivity (Wildman–Crippen MR) is 43.4 cm³/mol. The summed E-state index contributed by atoms with van der Waals surface area (Å²) in [5.74, 6) is -1.60. The second kappa shape index (κ2) is 4.80. The number of hydrogen-bond donors (Lipinski definition) is 6. The molecule has 0 amide bonds. The minimum absolute atomic E-state index is 0.439. The molecule has 0 aliphatic carbocycles. The molecule has 76 valence electrons. The summed E-state index contributed by atoms with van der Waals surface area (Å²) in [4.78, 5) is 26.7. The quantitative estimate of drug-likeness (QED) is 0.185. The summed E-state index contributed by atoms with van der Waals surface area (Å²) in [6.07, 6.45) is -0.696. The Balaban J connectivity index is 3.65. The monoisotopic (exact) mass is 211 g/mol. The molecular weight excluding hydrogens is 201 g/mol. The van der Waals surface area contributed by atoms with Gasteiger partial charge in [-0.3, -0.25) is 14.8 Å². The van der Waals surface area contributed by atoms with Gasteiger partial charge in [0.15, 0.2) is 5.96 Å². The Bertz CT molecular complexity index is 248. The maximum Gasteiger partial charge on any atom is 0.344 e. The molecule has 0 radical (unpaired) electrons. The maximum absolute atomic E-state index is 10.3. The van der Waals surface area contributed by atoms with Gasteiger partial charge in [-0.05, 0) is 0 Å². The Hall–Kier alpha value is -1.11. The molecule has 0 rings (SSSR count). The molecule has 0 aromatic rings. The SMILES string of the molecule is N=C(NCC(=O)O)NCP(=O)(O)O. The van der Waals surface area contributed by atoms with E-state index in [1.54, 1.807) is 0 Å².